The van der Waals surface area contributed by atoms with Crippen molar-refractivity contribution >= 4 is 23.3 Å². The number of rotatable bonds is 9. The molecule has 0 saturated carbocycles. The summed E-state index contributed by atoms with van der Waals surface area (Å²) in [5, 5.41) is 6.27. The van der Waals surface area contributed by atoms with E-state index in [4.69, 9.17) is 0 Å². The fourth-order valence-electron chi connectivity index (χ4n) is 4.51. The lowest BCUT2D eigenvalue weighted by Crippen LogP contribution is -2.29. The zero-order valence-corrected chi connectivity index (χ0v) is 22.2. The van der Waals surface area contributed by atoms with Crippen molar-refractivity contribution in [1.82, 2.24) is 19.9 Å². The maximum atomic E-state index is 13.7. The van der Waals surface area contributed by atoms with Crippen molar-refractivity contribution in [2.24, 2.45) is 5.92 Å². The van der Waals surface area contributed by atoms with Crippen molar-refractivity contribution in [3.05, 3.63) is 59.2 Å². The number of anilines is 4. The topological polar surface area (TPSA) is 78.9 Å². The van der Waals surface area contributed by atoms with Gasteiger partial charge in [0.25, 0.3) is 0 Å². The number of hydrogen-bond donors (Lipinski definition) is 2. The average Bonchev–Trinajstić information content (AvgIpc) is 3.10. The molecule has 3 aromatic heterocycles. The second-order valence-electron chi connectivity index (χ2n) is 10.1. The molecule has 7 nitrogen and oxygen atoms in total. The first-order chi connectivity index (χ1) is 18.9. The maximum absolute atomic E-state index is 13.7. The van der Waals surface area contributed by atoms with Crippen molar-refractivity contribution < 1.29 is 26.3 Å². The summed E-state index contributed by atoms with van der Waals surface area (Å²) >= 11 is 0. The van der Waals surface area contributed by atoms with Gasteiger partial charge in [0.1, 0.15) is 17.3 Å². The highest BCUT2D eigenvalue weighted by Gasteiger charge is 2.36. The van der Waals surface area contributed by atoms with Gasteiger partial charge in [0, 0.05) is 37.8 Å². The molecule has 40 heavy (non-hydrogen) atoms. The van der Waals surface area contributed by atoms with Crippen molar-refractivity contribution in [2.75, 3.05) is 35.2 Å². The monoisotopic (exact) mass is 567 g/mol. The average molecular weight is 568 g/mol. The number of pyridine rings is 2. The molecule has 2 N–H and O–H groups in total. The van der Waals surface area contributed by atoms with E-state index in [2.05, 4.69) is 44.4 Å². The molecule has 0 atom stereocenters. The van der Waals surface area contributed by atoms with Crippen LogP contribution in [0.25, 0.3) is 0 Å². The Labute approximate surface area is 228 Å². The molecule has 216 valence electrons. The zero-order chi connectivity index (χ0) is 28.9. The van der Waals surface area contributed by atoms with Gasteiger partial charge in [0.05, 0.1) is 23.1 Å². The molecule has 0 saturated heterocycles. The van der Waals surface area contributed by atoms with Crippen LogP contribution in [-0.2, 0) is 25.2 Å². The quantitative estimate of drug-likeness (QED) is 0.215. The number of aromatic nitrogens is 4. The molecule has 4 rings (SSSR count). The Morgan fingerprint density at radius 2 is 1.70 bits per heavy atom. The minimum absolute atomic E-state index is 0.152. The number of nitrogens with zero attached hydrogens (tertiary/aromatic N) is 5. The lowest BCUT2D eigenvalue weighted by atomic mass is 10.1. The summed E-state index contributed by atoms with van der Waals surface area (Å²) in [6.45, 7) is 5.41. The Balaban J connectivity index is 1.60. The first-order valence-corrected chi connectivity index (χ1v) is 13.1. The lowest BCUT2D eigenvalue weighted by Gasteiger charge is -2.24. The van der Waals surface area contributed by atoms with Crippen molar-refractivity contribution in [1.29, 1.82) is 0 Å². The fraction of sp³-hybridized carbons (Fsp3) is 0.481. The highest BCUT2D eigenvalue weighted by molar-refractivity contribution is 5.62. The molecule has 0 fully saturated rings. The Morgan fingerprint density at radius 1 is 0.925 bits per heavy atom. The van der Waals surface area contributed by atoms with E-state index in [1.54, 1.807) is 4.90 Å². The van der Waals surface area contributed by atoms with E-state index in [-0.39, 0.29) is 18.9 Å². The molecular weight excluding hydrogens is 536 g/mol. The maximum Gasteiger partial charge on any atom is 0.433 e. The number of alkyl halides is 6. The van der Waals surface area contributed by atoms with Crippen LogP contribution in [0.15, 0.2) is 36.7 Å². The standard InChI is InChI=1S/C27H31F6N7/c1-17(2)6-3-4-12-35-25-38-21-11-15-40(24-20(26(28,29)30)7-5-13-34-24)14-10-19(21)23(39-25)37-18-8-9-22(36-16-18)27(31,32)33/h5,7-9,13,16-17H,3-4,6,10-12,14-15H2,1-2H3,(H2,35,37,38,39). The molecule has 0 spiro atoms. The Bertz CT molecular complexity index is 1280. The van der Waals surface area contributed by atoms with Crippen LogP contribution in [0, 0.1) is 5.92 Å². The fourth-order valence-corrected chi connectivity index (χ4v) is 4.51. The molecule has 0 aromatic carbocycles. The van der Waals surface area contributed by atoms with Gasteiger partial charge in [-0.25, -0.2) is 15.0 Å². The van der Waals surface area contributed by atoms with E-state index in [0.717, 1.165) is 37.6 Å². The van der Waals surface area contributed by atoms with Gasteiger partial charge in [-0.3, -0.25) is 0 Å². The SMILES string of the molecule is CC(C)CCCCNc1nc2c(c(Nc3ccc(C(F)(F)F)nc3)n1)CCN(c1ncccc1C(F)(F)F)CC2. The number of hydrogen-bond acceptors (Lipinski definition) is 7. The highest BCUT2D eigenvalue weighted by atomic mass is 19.4. The third-order valence-electron chi connectivity index (χ3n) is 6.54. The number of unbranched alkanes of at least 4 members (excludes halogenated alkanes) is 1. The molecule has 0 bridgehead atoms. The van der Waals surface area contributed by atoms with Crippen LogP contribution in [0.4, 0.5) is 49.6 Å². The van der Waals surface area contributed by atoms with Crippen LogP contribution in [-0.4, -0.2) is 39.6 Å². The van der Waals surface area contributed by atoms with Crippen LogP contribution >= 0.6 is 0 Å². The minimum atomic E-state index is -4.57. The van der Waals surface area contributed by atoms with Gasteiger partial charge in [-0.1, -0.05) is 26.7 Å². The summed E-state index contributed by atoms with van der Waals surface area (Å²) in [7, 11) is 0. The second kappa shape index (κ2) is 12.3. The van der Waals surface area contributed by atoms with Gasteiger partial charge < -0.3 is 15.5 Å². The van der Waals surface area contributed by atoms with Crippen LogP contribution in [0.1, 0.15) is 55.6 Å². The summed E-state index contributed by atoms with van der Waals surface area (Å²) in [6.07, 6.45) is -3.09. The van der Waals surface area contributed by atoms with E-state index in [9.17, 15) is 26.3 Å². The van der Waals surface area contributed by atoms with E-state index in [1.165, 1.54) is 18.3 Å². The second-order valence-corrected chi connectivity index (χ2v) is 10.1. The van der Waals surface area contributed by atoms with Gasteiger partial charge in [-0.2, -0.15) is 31.3 Å². The number of fused-ring (bicyclic) bond motifs is 1. The van der Waals surface area contributed by atoms with E-state index in [1.807, 2.05) is 0 Å². The molecule has 13 heteroatoms. The Kier molecular flexibility index (Phi) is 8.99. The Morgan fingerprint density at radius 3 is 2.38 bits per heavy atom. The molecule has 1 aliphatic heterocycles. The molecule has 4 heterocycles. The molecule has 1 aliphatic rings. The molecule has 0 radical (unpaired) electrons. The third kappa shape index (κ3) is 7.51. The zero-order valence-electron chi connectivity index (χ0n) is 22.2. The molecular formula is C27H31F6N7. The van der Waals surface area contributed by atoms with Gasteiger partial charge in [0.2, 0.25) is 5.95 Å². The Hall–Kier alpha value is -3.64. The smallest absolute Gasteiger partial charge is 0.355 e. The predicted molar refractivity (Wildman–Crippen MR) is 141 cm³/mol. The number of nitrogens with one attached hydrogen (secondary N) is 2. The van der Waals surface area contributed by atoms with Crippen molar-refractivity contribution in [3.8, 4) is 0 Å². The van der Waals surface area contributed by atoms with Gasteiger partial charge >= 0.3 is 12.4 Å². The van der Waals surface area contributed by atoms with Crippen LogP contribution in [0.3, 0.4) is 0 Å². The van der Waals surface area contributed by atoms with Crippen molar-refractivity contribution in [2.45, 2.75) is 58.3 Å². The highest BCUT2D eigenvalue weighted by Crippen LogP contribution is 2.36. The van der Waals surface area contributed by atoms with Crippen LogP contribution < -0.4 is 15.5 Å². The van der Waals surface area contributed by atoms with E-state index < -0.39 is 23.6 Å². The molecule has 0 aliphatic carbocycles. The molecule has 0 unspecified atom stereocenters. The third-order valence-corrected chi connectivity index (χ3v) is 6.54. The summed E-state index contributed by atoms with van der Waals surface area (Å²) in [5.41, 5.74) is -0.215. The lowest BCUT2D eigenvalue weighted by molar-refractivity contribution is -0.141. The first-order valence-electron chi connectivity index (χ1n) is 13.1. The summed E-state index contributed by atoms with van der Waals surface area (Å²) in [4.78, 5) is 18.3. The van der Waals surface area contributed by atoms with Gasteiger partial charge in [0.15, 0.2) is 0 Å². The van der Waals surface area contributed by atoms with Gasteiger partial charge in [-0.15, -0.1) is 0 Å². The van der Waals surface area contributed by atoms with Crippen molar-refractivity contribution in [3.63, 3.8) is 0 Å². The summed E-state index contributed by atoms with van der Waals surface area (Å²) in [5.74, 6) is 1.15. The summed E-state index contributed by atoms with van der Waals surface area (Å²) in [6, 6.07) is 4.39. The largest absolute Gasteiger partial charge is 0.433 e. The van der Waals surface area contributed by atoms with E-state index in [0.29, 0.717) is 54.0 Å². The van der Waals surface area contributed by atoms with E-state index >= 15 is 0 Å². The van der Waals surface area contributed by atoms with Crippen LogP contribution in [0.5, 0.6) is 0 Å². The normalized spacial score (nSPS) is 14.2. The predicted octanol–water partition coefficient (Wildman–Crippen LogP) is 6.89. The summed E-state index contributed by atoms with van der Waals surface area (Å²) < 4.78 is 79.9. The molecule has 0 amide bonds. The minimum Gasteiger partial charge on any atom is -0.355 e. The van der Waals surface area contributed by atoms with Gasteiger partial charge in [-0.05, 0) is 43.0 Å². The molecule has 3 aromatic rings. The van der Waals surface area contributed by atoms with Crippen LogP contribution in [0.2, 0.25) is 0 Å². The number of halogens is 6. The first kappa shape index (κ1) is 29.3.